The Labute approximate surface area is 135 Å². The van der Waals surface area contributed by atoms with Crippen molar-refractivity contribution in [3.05, 3.63) is 0 Å². The van der Waals surface area contributed by atoms with Crippen molar-refractivity contribution in [1.29, 1.82) is 0 Å². The van der Waals surface area contributed by atoms with E-state index in [0.717, 1.165) is 19.4 Å². The predicted octanol–water partition coefficient (Wildman–Crippen LogP) is 3.93. The van der Waals surface area contributed by atoms with E-state index in [-0.39, 0.29) is 11.9 Å². The predicted molar refractivity (Wildman–Crippen MR) is 88.5 cm³/mol. The van der Waals surface area contributed by atoms with Crippen LogP contribution in [-0.4, -0.2) is 37.0 Å². The van der Waals surface area contributed by atoms with Crippen LogP contribution in [0, 0.1) is 5.92 Å². The first-order chi connectivity index (χ1) is 10.7. The quantitative estimate of drug-likeness (QED) is 0.453. The van der Waals surface area contributed by atoms with Gasteiger partial charge in [0.15, 0.2) is 0 Å². The summed E-state index contributed by atoms with van der Waals surface area (Å²) in [7, 11) is 1.40. The highest BCUT2D eigenvalue weighted by atomic mass is 16.5. The van der Waals surface area contributed by atoms with E-state index in [4.69, 9.17) is 4.74 Å². The van der Waals surface area contributed by atoms with E-state index in [2.05, 4.69) is 6.92 Å². The van der Waals surface area contributed by atoms with Gasteiger partial charge in [-0.05, 0) is 25.2 Å². The number of carbonyl (C=O) groups excluding carboxylic acids is 2. The molecule has 0 heterocycles. The molecular weight excluding hydrogens is 278 g/mol. The van der Waals surface area contributed by atoms with Gasteiger partial charge in [0.05, 0.1) is 13.5 Å². The van der Waals surface area contributed by atoms with Gasteiger partial charge in [0.1, 0.15) is 0 Å². The Morgan fingerprint density at radius 3 is 2.41 bits per heavy atom. The number of esters is 1. The standard InChI is InChI=1S/C18H33NO3/c1-3-4-5-9-13-19(14-12-18(21)22-2)17(20)15-16-10-7-6-8-11-16/h16H,3-15H2,1-2H3. The number of methoxy groups -OCH3 is 1. The number of ether oxygens (including phenoxy) is 1. The van der Waals surface area contributed by atoms with Gasteiger partial charge in [-0.1, -0.05) is 45.4 Å². The maximum Gasteiger partial charge on any atom is 0.307 e. The summed E-state index contributed by atoms with van der Waals surface area (Å²) >= 11 is 0. The van der Waals surface area contributed by atoms with E-state index in [1.807, 2.05) is 4.90 Å². The lowest BCUT2D eigenvalue weighted by atomic mass is 9.86. The van der Waals surface area contributed by atoms with Crippen LogP contribution in [0.4, 0.5) is 0 Å². The van der Waals surface area contributed by atoms with E-state index >= 15 is 0 Å². The fourth-order valence-corrected chi connectivity index (χ4v) is 3.19. The lowest BCUT2D eigenvalue weighted by molar-refractivity contribution is -0.142. The van der Waals surface area contributed by atoms with Crippen LogP contribution in [0.5, 0.6) is 0 Å². The summed E-state index contributed by atoms with van der Waals surface area (Å²) in [5.74, 6) is 0.550. The van der Waals surface area contributed by atoms with Crippen molar-refractivity contribution in [3.63, 3.8) is 0 Å². The van der Waals surface area contributed by atoms with Crippen molar-refractivity contribution in [2.24, 2.45) is 5.92 Å². The first kappa shape index (κ1) is 19.0. The summed E-state index contributed by atoms with van der Waals surface area (Å²) in [6, 6.07) is 0. The van der Waals surface area contributed by atoms with Gasteiger partial charge in [-0.15, -0.1) is 0 Å². The van der Waals surface area contributed by atoms with E-state index < -0.39 is 0 Å². The van der Waals surface area contributed by atoms with Crippen LogP contribution in [0.25, 0.3) is 0 Å². The second-order valence-electron chi connectivity index (χ2n) is 6.48. The topological polar surface area (TPSA) is 46.6 Å². The van der Waals surface area contributed by atoms with Gasteiger partial charge in [-0.3, -0.25) is 9.59 Å². The number of rotatable bonds is 10. The third kappa shape index (κ3) is 7.81. The van der Waals surface area contributed by atoms with Crippen molar-refractivity contribution in [2.75, 3.05) is 20.2 Å². The van der Waals surface area contributed by atoms with Crippen molar-refractivity contribution in [2.45, 2.75) is 77.6 Å². The molecule has 0 saturated heterocycles. The van der Waals surface area contributed by atoms with Crippen LogP contribution in [0.1, 0.15) is 77.6 Å². The molecule has 0 radical (unpaired) electrons. The zero-order chi connectivity index (χ0) is 16.2. The molecule has 128 valence electrons. The SMILES string of the molecule is CCCCCCN(CCC(=O)OC)C(=O)CC1CCCCC1. The minimum Gasteiger partial charge on any atom is -0.469 e. The normalized spacial score (nSPS) is 15.5. The molecule has 1 aliphatic rings. The molecule has 1 rings (SSSR count). The molecule has 0 atom stereocenters. The number of hydrogen-bond acceptors (Lipinski definition) is 3. The van der Waals surface area contributed by atoms with Gasteiger partial charge in [-0.25, -0.2) is 0 Å². The van der Waals surface area contributed by atoms with Gasteiger partial charge < -0.3 is 9.64 Å². The van der Waals surface area contributed by atoms with Crippen LogP contribution >= 0.6 is 0 Å². The third-order valence-electron chi connectivity index (χ3n) is 4.64. The van der Waals surface area contributed by atoms with E-state index in [0.29, 0.717) is 25.3 Å². The molecule has 4 nitrogen and oxygen atoms in total. The van der Waals surface area contributed by atoms with Crippen LogP contribution < -0.4 is 0 Å². The Bertz CT molecular complexity index is 324. The third-order valence-corrected chi connectivity index (χ3v) is 4.64. The molecule has 1 fully saturated rings. The summed E-state index contributed by atoms with van der Waals surface area (Å²) in [5, 5.41) is 0. The van der Waals surface area contributed by atoms with Crippen molar-refractivity contribution >= 4 is 11.9 Å². The molecule has 0 unspecified atom stereocenters. The second-order valence-corrected chi connectivity index (χ2v) is 6.48. The average Bonchev–Trinajstić information content (AvgIpc) is 2.54. The first-order valence-corrected chi connectivity index (χ1v) is 9.02. The molecule has 0 aromatic carbocycles. The van der Waals surface area contributed by atoms with Crippen molar-refractivity contribution < 1.29 is 14.3 Å². The van der Waals surface area contributed by atoms with E-state index in [1.54, 1.807) is 0 Å². The first-order valence-electron chi connectivity index (χ1n) is 9.02. The minimum absolute atomic E-state index is 0.229. The second kappa shape index (κ2) is 11.5. The Hall–Kier alpha value is -1.06. The van der Waals surface area contributed by atoms with Gasteiger partial charge in [0.25, 0.3) is 0 Å². The monoisotopic (exact) mass is 311 g/mol. The lowest BCUT2D eigenvalue weighted by Gasteiger charge is -2.27. The van der Waals surface area contributed by atoms with Crippen LogP contribution in [0.2, 0.25) is 0 Å². The number of nitrogens with zero attached hydrogens (tertiary/aromatic N) is 1. The lowest BCUT2D eigenvalue weighted by Crippen LogP contribution is -2.35. The molecule has 0 aliphatic heterocycles. The molecule has 4 heteroatoms. The fraction of sp³-hybridized carbons (Fsp3) is 0.889. The fourth-order valence-electron chi connectivity index (χ4n) is 3.19. The maximum atomic E-state index is 12.5. The zero-order valence-electron chi connectivity index (χ0n) is 14.4. The average molecular weight is 311 g/mol. The Morgan fingerprint density at radius 2 is 1.77 bits per heavy atom. The largest absolute Gasteiger partial charge is 0.469 e. The highest BCUT2D eigenvalue weighted by molar-refractivity contribution is 5.77. The molecule has 1 amide bonds. The maximum absolute atomic E-state index is 12.5. The Balaban J connectivity index is 2.42. The molecule has 0 aromatic rings. The van der Waals surface area contributed by atoms with E-state index in [1.165, 1.54) is 52.1 Å². The van der Waals surface area contributed by atoms with Gasteiger partial charge in [0, 0.05) is 19.5 Å². The molecule has 1 aliphatic carbocycles. The van der Waals surface area contributed by atoms with Crippen LogP contribution in [0.15, 0.2) is 0 Å². The van der Waals surface area contributed by atoms with Gasteiger partial charge >= 0.3 is 5.97 Å². The Kier molecular flexibility index (Phi) is 9.93. The molecule has 0 spiro atoms. The summed E-state index contributed by atoms with van der Waals surface area (Å²) in [5.41, 5.74) is 0. The van der Waals surface area contributed by atoms with Gasteiger partial charge in [0.2, 0.25) is 5.91 Å². The molecule has 0 aromatic heterocycles. The zero-order valence-corrected chi connectivity index (χ0v) is 14.4. The molecule has 22 heavy (non-hydrogen) atoms. The molecule has 0 N–H and O–H groups in total. The van der Waals surface area contributed by atoms with Gasteiger partial charge in [-0.2, -0.15) is 0 Å². The molecular formula is C18H33NO3. The Morgan fingerprint density at radius 1 is 1.05 bits per heavy atom. The summed E-state index contributed by atoms with van der Waals surface area (Å²) in [6.07, 6.45) is 11.8. The number of carbonyl (C=O) groups is 2. The highest BCUT2D eigenvalue weighted by Gasteiger charge is 2.21. The summed E-state index contributed by atoms with van der Waals surface area (Å²) < 4.78 is 4.70. The number of amides is 1. The summed E-state index contributed by atoms with van der Waals surface area (Å²) in [4.78, 5) is 25.8. The van der Waals surface area contributed by atoms with Crippen LogP contribution in [-0.2, 0) is 14.3 Å². The summed E-state index contributed by atoms with van der Waals surface area (Å²) in [6.45, 7) is 3.47. The number of unbranched alkanes of at least 4 members (excludes halogenated alkanes) is 3. The van der Waals surface area contributed by atoms with Crippen molar-refractivity contribution in [1.82, 2.24) is 4.90 Å². The van der Waals surface area contributed by atoms with Crippen molar-refractivity contribution in [3.8, 4) is 0 Å². The highest BCUT2D eigenvalue weighted by Crippen LogP contribution is 2.27. The van der Waals surface area contributed by atoms with Crippen LogP contribution in [0.3, 0.4) is 0 Å². The number of hydrogen-bond donors (Lipinski definition) is 0. The molecule has 0 bridgehead atoms. The van der Waals surface area contributed by atoms with E-state index in [9.17, 15) is 9.59 Å². The smallest absolute Gasteiger partial charge is 0.307 e. The minimum atomic E-state index is -0.232. The molecule has 1 saturated carbocycles.